The molecule has 0 aliphatic heterocycles. The van der Waals surface area contributed by atoms with Gasteiger partial charge in [-0.3, -0.25) is 18.7 Å². The predicted molar refractivity (Wildman–Crippen MR) is 95.8 cm³/mol. The van der Waals surface area contributed by atoms with Crippen LogP contribution in [0.3, 0.4) is 0 Å². The number of nitrogens with zero attached hydrogens (tertiary/aromatic N) is 7. The van der Waals surface area contributed by atoms with Crippen molar-refractivity contribution in [3.63, 3.8) is 0 Å². The normalized spacial score (nSPS) is 11.7. The summed E-state index contributed by atoms with van der Waals surface area (Å²) < 4.78 is 5.22. The minimum Gasteiger partial charge on any atom is -0.319 e. The summed E-state index contributed by atoms with van der Waals surface area (Å²) in [4.78, 5) is 45.9. The van der Waals surface area contributed by atoms with Crippen molar-refractivity contribution in [2.75, 3.05) is 0 Å². The van der Waals surface area contributed by atoms with Gasteiger partial charge in [0, 0.05) is 20.2 Å². The summed E-state index contributed by atoms with van der Waals surface area (Å²) in [5.74, 6) is 0. The fraction of sp³-hybridized carbons (Fsp3) is 0.333. The maximum Gasteiger partial charge on any atom is 0.332 e. The molecular weight excluding hydrogens is 358 g/mol. The topological polar surface area (TPSA) is 109 Å². The number of aromatic nitrogens is 7. The lowest BCUT2D eigenvalue weighted by atomic mass is 10.4. The largest absolute Gasteiger partial charge is 0.332 e. The molecule has 4 rings (SSSR count). The summed E-state index contributed by atoms with van der Waals surface area (Å²) in [5.41, 5.74) is -0.0777. The molecule has 134 valence electrons. The molecule has 0 saturated carbocycles. The first kappa shape index (κ1) is 16.4. The van der Waals surface area contributed by atoms with Gasteiger partial charge < -0.3 is 4.57 Å². The molecule has 4 aromatic heterocycles. The van der Waals surface area contributed by atoms with E-state index in [9.17, 15) is 14.4 Å². The highest BCUT2D eigenvalue weighted by molar-refractivity contribution is 7.16. The van der Waals surface area contributed by atoms with E-state index < -0.39 is 11.2 Å². The number of rotatable bonds is 3. The van der Waals surface area contributed by atoms with Gasteiger partial charge in [-0.05, 0) is 6.42 Å². The fourth-order valence-electron chi connectivity index (χ4n) is 2.81. The van der Waals surface area contributed by atoms with Crippen LogP contribution in [0.5, 0.6) is 0 Å². The molecule has 4 heterocycles. The molecule has 0 atom stereocenters. The van der Waals surface area contributed by atoms with E-state index in [1.54, 1.807) is 11.6 Å². The van der Waals surface area contributed by atoms with E-state index in [0.29, 0.717) is 16.3 Å². The van der Waals surface area contributed by atoms with Gasteiger partial charge in [0.05, 0.1) is 18.6 Å². The minimum atomic E-state index is -0.442. The summed E-state index contributed by atoms with van der Waals surface area (Å²) in [6.07, 6.45) is 2.19. The Bertz CT molecular complexity index is 1340. The fourth-order valence-corrected chi connectivity index (χ4v) is 3.67. The highest BCUT2D eigenvalue weighted by atomic mass is 32.1. The molecule has 0 saturated heterocycles. The van der Waals surface area contributed by atoms with Crippen molar-refractivity contribution in [2.24, 2.45) is 14.1 Å². The third kappa shape index (κ3) is 2.31. The lowest BCUT2D eigenvalue weighted by Crippen LogP contribution is -2.37. The van der Waals surface area contributed by atoms with Crippen LogP contribution in [0.4, 0.5) is 0 Å². The van der Waals surface area contributed by atoms with Crippen LogP contribution in [0.2, 0.25) is 0 Å². The number of aryl methyl sites for hydroxylation is 2. The molecule has 10 nitrogen and oxygen atoms in total. The van der Waals surface area contributed by atoms with Gasteiger partial charge in [0.1, 0.15) is 5.01 Å². The van der Waals surface area contributed by atoms with Gasteiger partial charge in [0.25, 0.3) is 11.1 Å². The van der Waals surface area contributed by atoms with Crippen LogP contribution >= 0.6 is 11.3 Å². The van der Waals surface area contributed by atoms with Crippen molar-refractivity contribution in [3.05, 3.63) is 54.3 Å². The highest BCUT2D eigenvalue weighted by Gasteiger charge is 2.15. The predicted octanol–water partition coefficient (Wildman–Crippen LogP) is -0.491. The van der Waals surface area contributed by atoms with Crippen molar-refractivity contribution in [2.45, 2.75) is 19.9 Å². The molecule has 0 amide bonds. The van der Waals surface area contributed by atoms with E-state index in [4.69, 9.17) is 0 Å². The Kier molecular flexibility index (Phi) is 3.61. The van der Waals surface area contributed by atoms with Crippen molar-refractivity contribution in [1.29, 1.82) is 0 Å². The zero-order valence-electron chi connectivity index (χ0n) is 14.3. The van der Waals surface area contributed by atoms with Gasteiger partial charge >= 0.3 is 5.69 Å². The van der Waals surface area contributed by atoms with Gasteiger partial charge in [0.15, 0.2) is 11.2 Å². The molecule has 0 bridgehead atoms. The van der Waals surface area contributed by atoms with E-state index in [-0.39, 0.29) is 17.6 Å². The Morgan fingerprint density at radius 2 is 1.92 bits per heavy atom. The van der Waals surface area contributed by atoms with Gasteiger partial charge in [-0.15, -0.1) is 0 Å². The summed E-state index contributed by atoms with van der Waals surface area (Å²) >= 11 is 1.36. The Balaban J connectivity index is 1.88. The van der Waals surface area contributed by atoms with E-state index in [1.165, 1.54) is 39.9 Å². The summed E-state index contributed by atoms with van der Waals surface area (Å²) in [7, 11) is 2.98. The van der Waals surface area contributed by atoms with Crippen LogP contribution in [0.1, 0.15) is 17.6 Å². The Morgan fingerprint density at radius 3 is 2.65 bits per heavy atom. The minimum absolute atomic E-state index is 0.190. The Morgan fingerprint density at radius 1 is 1.15 bits per heavy atom. The molecular formula is C15H15N7O3S. The van der Waals surface area contributed by atoms with Crippen molar-refractivity contribution < 1.29 is 0 Å². The first-order valence-electron chi connectivity index (χ1n) is 7.90. The molecule has 26 heavy (non-hydrogen) atoms. The summed E-state index contributed by atoms with van der Waals surface area (Å²) in [6.45, 7) is 2.15. The number of fused-ring (bicyclic) bond motifs is 2. The number of hydrogen-bond acceptors (Lipinski definition) is 7. The van der Waals surface area contributed by atoms with Crippen LogP contribution in [0, 0.1) is 0 Å². The van der Waals surface area contributed by atoms with Crippen LogP contribution in [0.15, 0.2) is 26.8 Å². The zero-order chi connectivity index (χ0) is 18.6. The molecule has 0 spiro atoms. The molecule has 0 aliphatic rings. The van der Waals surface area contributed by atoms with Crippen molar-refractivity contribution >= 4 is 27.5 Å². The maximum absolute atomic E-state index is 12.5. The molecule has 0 aromatic carbocycles. The number of hydrogen-bond donors (Lipinski definition) is 0. The average Bonchev–Trinajstić information content (AvgIpc) is 3.22. The Labute approximate surface area is 149 Å². The first-order chi connectivity index (χ1) is 12.4. The summed E-state index contributed by atoms with van der Waals surface area (Å²) in [6, 6.07) is 1.39. The van der Waals surface area contributed by atoms with Gasteiger partial charge in [-0.2, -0.15) is 9.61 Å². The molecule has 4 aromatic rings. The van der Waals surface area contributed by atoms with E-state index >= 15 is 0 Å². The van der Waals surface area contributed by atoms with Gasteiger partial charge in [-0.1, -0.05) is 18.3 Å². The van der Waals surface area contributed by atoms with Crippen LogP contribution in [0.25, 0.3) is 16.1 Å². The molecule has 0 unspecified atom stereocenters. The lowest BCUT2D eigenvalue weighted by Gasteiger charge is -2.06. The van der Waals surface area contributed by atoms with Gasteiger partial charge in [-0.25, -0.2) is 14.8 Å². The zero-order valence-corrected chi connectivity index (χ0v) is 15.1. The molecule has 0 fully saturated rings. The standard InChI is InChI=1S/C15H15N7O3S/c1-4-9-18-22-10(23)5-8(17-14(22)26-9)6-21-7-16-12-11(21)13(24)20(3)15(25)19(12)2/h5,7H,4,6H2,1-3H3. The van der Waals surface area contributed by atoms with Crippen LogP contribution in [-0.4, -0.2) is 33.3 Å². The second kappa shape index (κ2) is 5.73. The van der Waals surface area contributed by atoms with Crippen LogP contribution in [-0.2, 0) is 27.1 Å². The highest BCUT2D eigenvalue weighted by Crippen LogP contribution is 2.13. The molecule has 11 heteroatoms. The second-order valence-corrected chi connectivity index (χ2v) is 6.92. The van der Waals surface area contributed by atoms with E-state index in [1.807, 2.05) is 6.92 Å². The quantitative estimate of drug-likeness (QED) is 0.479. The van der Waals surface area contributed by atoms with Crippen LogP contribution < -0.4 is 16.8 Å². The monoisotopic (exact) mass is 373 g/mol. The lowest BCUT2D eigenvalue weighted by molar-refractivity contribution is 0.700. The third-order valence-corrected chi connectivity index (χ3v) is 5.24. The third-order valence-electron chi connectivity index (χ3n) is 4.19. The van der Waals surface area contributed by atoms with E-state index in [2.05, 4.69) is 15.1 Å². The summed E-state index contributed by atoms with van der Waals surface area (Å²) in [5, 5.41) is 5.04. The SMILES string of the molecule is CCc1nn2c(=O)cc(Cn3cnc4c3c(=O)n(C)c(=O)n4C)nc2s1. The van der Waals surface area contributed by atoms with Gasteiger partial charge in [0.2, 0.25) is 4.96 Å². The second-order valence-electron chi connectivity index (χ2n) is 5.88. The number of imidazole rings is 1. The Hall–Kier alpha value is -3.08. The first-order valence-corrected chi connectivity index (χ1v) is 8.72. The smallest absolute Gasteiger partial charge is 0.319 e. The molecule has 0 radical (unpaired) electrons. The van der Waals surface area contributed by atoms with Crippen molar-refractivity contribution in [1.82, 2.24) is 33.3 Å². The average molecular weight is 373 g/mol. The van der Waals surface area contributed by atoms with Crippen molar-refractivity contribution in [3.8, 4) is 0 Å². The molecule has 0 N–H and O–H groups in total. The molecule has 0 aliphatic carbocycles. The van der Waals surface area contributed by atoms with E-state index in [0.717, 1.165) is 16.0 Å². The maximum atomic E-state index is 12.5.